The number of nitrogens with zero attached hydrogens (tertiary/aromatic N) is 3. The van der Waals surface area contributed by atoms with Crippen molar-refractivity contribution in [2.45, 2.75) is 46.1 Å². The van der Waals surface area contributed by atoms with Gasteiger partial charge in [0.2, 0.25) is 0 Å². The maximum Gasteiger partial charge on any atom is 0.341 e. The summed E-state index contributed by atoms with van der Waals surface area (Å²) in [6.07, 6.45) is 2.26. The van der Waals surface area contributed by atoms with E-state index in [1.807, 2.05) is 7.05 Å². The van der Waals surface area contributed by atoms with Crippen molar-refractivity contribution in [2.75, 3.05) is 52.7 Å². The molecule has 1 aromatic heterocycles. The second kappa shape index (κ2) is 16.5. The minimum atomic E-state index is -0.449. The van der Waals surface area contributed by atoms with Crippen LogP contribution in [0.5, 0.6) is 0 Å². The number of ether oxygens (including phenoxy) is 2. The molecule has 1 aromatic rings. The van der Waals surface area contributed by atoms with Crippen molar-refractivity contribution in [3.05, 3.63) is 16.0 Å². The predicted molar refractivity (Wildman–Crippen MR) is 134 cm³/mol. The van der Waals surface area contributed by atoms with E-state index in [0.29, 0.717) is 29.6 Å². The Kier molecular flexibility index (Phi) is 15.4. The Morgan fingerprint density at radius 1 is 1.06 bits per heavy atom. The van der Waals surface area contributed by atoms with Crippen LogP contribution in [0.3, 0.4) is 0 Å². The Bertz CT molecular complexity index is 812. The number of hydrogen-bond donors (Lipinski definition) is 1. The number of nitrogens with two attached hydrogens (primary N) is 1. The summed E-state index contributed by atoms with van der Waals surface area (Å²) in [6.45, 7) is 8.01. The van der Waals surface area contributed by atoms with E-state index in [-0.39, 0.29) is 25.9 Å². The lowest BCUT2D eigenvalue weighted by Gasteiger charge is -2.22. The second-order valence-corrected chi connectivity index (χ2v) is 8.57. The number of nitriles is 1. The minimum Gasteiger partial charge on any atom is -0.465 e. The number of hydrogen-bond acceptors (Lipinski definition) is 10. The molecule has 1 saturated heterocycles. The van der Waals surface area contributed by atoms with Gasteiger partial charge < -0.3 is 25.0 Å². The van der Waals surface area contributed by atoms with Gasteiger partial charge in [0.1, 0.15) is 17.2 Å². The maximum absolute atomic E-state index is 11.8. The lowest BCUT2D eigenvalue weighted by atomic mass is 10.0. The predicted octanol–water partition coefficient (Wildman–Crippen LogP) is 2.35. The Labute approximate surface area is 207 Å². The van der Waals surface area contributed by atoms with Gasteiger partial charge in [-0.25, -0.2) is 4.79 Å². The zero-order valence-electron chi connectivity index (χ0n) is 19.9. The van der Waals surface area contributed by atoms with Crippen molar-refractivity contribution in [1.82, 2.24) is 9.80 Å². The number of esters is 2. The number of carbonyl (C=O) groups excluding carboxylic acids is 3. The number of nitrogen functional groups attached to an aromatic ring is 1. The molecule has 9 nitrogen and oxygen atoms in total. The van der Waals surface area contributed by atoms with Crippen LogP contribution in [0, 0.1) is 11.3 Å². The van der Waals surface area contributed by atoms with E-state index in [1.165, 1.54) is 16.2 Å². The van der Waals surface area contributed by atoms with Crippen molar-refractivity contribution in [3.63, 3.8) is 0 Å². The number of thiophene rings is 1. The Balaban J connectivity index is 0.000000512. The van der Waals surface area contributed by atoms with Gasteiger partial charge in [0.05, 0.1) is 24.8 Å². The average molecular weight is 501 g/mol. The number of ketones is 1. The first kappa shape index (κ1) is 30.9. The van der Waals surface area contributed by atoms with Crippen molar-refractivity contribution < 1.29 is 23.9 Å². The molecule has 0 spiro atoms. The largest absolute Gasteiger partial charge is 0.465 e. The normalized spacial score (nSPS) is 15.3. The van der Waals surface area contributed by atoms with Crippen LogP contribution in [0.15, 0.2) is 0 Å². The van der Waals surface area contributed by atoms with Crippen LogP contribution in [0.25, 0.3) is 0 Å². The number of piperidine rings is 1. The fourth-order valence-corrected chi connectivity index (χ4v) is 4.31. The van der Waals surface area contributed by atoms with Gasteiger partial charge in [0.15, 0.2) is 0 Å². The Morgan fingerprint density at radius 2 is 1.64 bits per heavy atom. The number of carbonyl (C=O) groups is 3. The summed E-state index contributed by atoms with van der Waals surface area (Å²) in [5, 5.41) is 8.51. The van der Waals surface area contributed by atoms with Gasteiger partial charge >= 0.3 is 11.9 Å². The summed E-state index contributed by atoms with van der Waals surface area (Å²) >= 11 is 1.51. The Hall–Kier alpha value is -2.13. The zero-order chi connectivity index (χ0) is 24.1. The van der Waals surface area contributed by atoms with Crippen LogP contribution >= 0.6 is 24.8 Å². The molecule has 0 radical (unpaired) electrons. The number of fused-ring (bicyclic) bond motifs is 1. The number of likely N-dealkylation sites (N-methyl/N-ethyl adjacent to an activating group) is 1. The molecule has 33 heavy (non-hydrogen) atoms. The van der Waals surface area contributed by atoms with Crippen LogP contribution < -0.4 is 5.73 Å². The van der Waals surface area contributed by atoms with Gasteiger partial charge in [0.25, 0.3) is 0 Å². The molecule has 0 amide bonds. The third-order valence-electron chi connectivity index (χ3n) is 4.83. The quantitative estimate of drug-likeness (QED) is 0.620. The molecule has 0 aliphatic carbocycles. The highest BCUT2D eigenvalue weighted by Crippen LogP contribution is 2.35. The Morgan fingerprint density at radius 3 is 2.15 bits per heavy atom. The molecular formula is C22H36N4O5S2. The molecular weight excluding hydrogens is 464 g/mol. The SMILES string of the molecule is CCOC(=O)CC#N.CCOC(=O)c1c(N)sc2c1CCN(C)C2.CN1CCC(=O)CC1.S. The summed E-state index contributed by atoms with van der Waals surface area (Å²) in [5.41, 5.74) is 7.60. The first-order valence-corrected chi connectivity index (χ1v) is 11.5. The van der Waals surface area contributed by atoms with Crippen LogP contribution in [0.4, 0.5) is 5.00 Å². The molecule has 2 aliphatic rings. The molecule has 0 aromatic carbocycles. The average Bonchev–Trinajstić information content (AvgIpc) is 3.06. The minimum absolute atomic E-state index is 0. The van der Waals surface area contributed by atoms with Gasteiger partial charge in [-0.2, -0.15) is 18.8 Å². The summed E-state index contributed by atoms with van der Waals surface area (Å²) < 4.78 is 9.45. The monoisotopic (exact) mass is 500 g/mol. The molecule has 186 valence electrons. The second-order valence-electron chi connectivity index (χ2n) is 7.43. The third kappa shape index (κ3) is 11.0. The lowest BCUT2D eigenvalue weighted by molar-refractivity contribution is -0.141. The summed E-state index contributed by atoms with van der Waals surface area (Å²) in [6, 6.07) is 1.68. The van der Waals surface area contributed by atoms with Gasteiger partial charge in [0, 0.05) is 43.9 Å². The molecule has 1 fully saturated rings. The number of anilines is 1. The topological polar surface area (TPSA) is 126 Å². The fourth-order valence-electron chi connectivity index (χ4n) is 3.12. The number of rotatable bonds is 4. The van der Waals surface area contributed by atoms with E-state index in [2.05, 4.69) is 21.6 Å². The van der Waals surface area contributed by atoms with Crippen molar-refractivity contribution in [2.24, 2.45) is 0 Å². The van der Waals surface area contributed by atoms with Gasteiger partial charge in [-0.3, -0.25) is 9.59 Å². The van der Waals surface area contributed by atoms with Crippen LogP contribution in [0.1, 0.15) is 53.9 Å². The molecule has 3 heterocycles. The highest BCUT2D eigenvalue weighted by molar-refractivity contribution is 7.59. The van der Waals surface area contributed by atoms with Gasteiger partial charge in [-0.1, -0.05) is 0 Å². The molecule has 3 rings (SSSR count). The van der Waals surface area contributed by atoms with E-state index < -0.39 is 5.97 Å². The number of Topliss-reactive ketones (excluding diaryl/α,β-unsaturated/α-hetero) is 1. The highest BCUT2D eigenvalue weighted by Gasteiger charge is 2.26. The number of likely N-dealkylation sites (tertiary alicyclic amines) is 1. The lowest BCUT2D eigenvalue weighted by Crippen LogP contribution is -2.29. The molecule has 0 unspecified atom stereocenters. The smallest absolute Gasteiger partial charge is 0.341 e. The first-order valence-electron chi connectivity index (χ1n) is 10.7. The molecule has 0 atom stereocenters. The summed E-state index contributed by atoms with van der Waals surface area (Å²) in [4.78, 5) is 38.2. The molecule has 0 bridgehead atoms. The van der Waals surface area contributed by atoms with E-state index >= 15 is 0 Å². The zero-order valence-corrected chi connectivity index (χ0v) is 21.8. The van der Waals surface area contributed by atoms with Crippen LogP contribution in [-0.2, 0) is 32.0 Å². The molecule has 11 heteroatoms. The van der Waals surface area contributed by atoms with Gasteiger partial charge in [-0.15, -0.1) is 11.3 Å². The third-order valence-corrected chi connectivity index (χ3v) is 5.87. The van der Waals surface area contributed by atoms with E-state index in [4.69, 9.17) is 15.7 Å². The van der Waals surface area contributed by atoms with E-state index in [1.54, 1.807) is 19.9 Å². The van der Waals surface area contributed by atoms with Crippen molar-refractivity contribution in [1.29, 1.82) is 5.26 Å². The molecule has 0 saturated carbocycles. The standard InChI is InChI=1S/C11H16N2O2S.C6H11NO.C5H7NO2.H2S/c1-3-15-11(14)9-7-4-5-13(2)6-8(7)16-10(9)12;1-7-4-2-6(8)3-5-7;1-2-8-5(7)3-4-6;/h3-6,12H2,1-2H3;2-5H2,1H3;2-3H2,1H3;1H2. The molecule has 2 N–H and O–H groups in total. The van der Waals surface area contributed by atoms with Crippen molar-refractivity contribution >= 4 is 47.6 Å². The van der Waals surface area contributed by atoms with Gasteiger partial charge in [-0.05, 0) is 39.9 Å². The first-order chi connectivity index (χ1) is 15.2. The van der Waals surface area contributed by atoms with Crippen LogP contribution in [0.2, 0.25) is 0 Å². The fraction of sp³-hybridized carbons (Fsp3) is 0.636. The van der Waals surface area contributed by atoms with E-state index in [0.717, 1.165) is 51.0 Å². The van der Waals surface area contributed by atoms with E-state index in [9.17, 15) is 14.4 Å². The van der Waals surface area contributed by atoms with Crippen LogP contribution in [-0.4, -0.2) is 74.5 Å². The maximum atomic E-state index is 11.8. The highest BCUT2D eigenvalue weighted by atomic mass is 32.1. The molecule has 2 aliphatic heterocycles. The summed E-state index contributed by atoms with van der Waals surface area (Å²) in [5.74, 6) is -0.305. The van der Waals surface area contributed by atoms with Crippen molar-refractivity contribution in [3.8, 4) is 6.07 Å². The summed E-state index contributed by atoms with van der Waals surface area (Å²) in [7, 11) is 4.12.